The Morgan fingerprint density at radius 3 is 3.14 bits per heavy atom. The van der Waals surface area contributed by atoms with Crippen molar-refractivity contribution in [1.82, 2.24) is 5.32 Å². The Kier molecular flexibility index (Phi) is 1.69. The first-order chi connectivity index (χ1) is 6.76. The number of piperidine rings is 1. The monoisotopic (exact) mass is 195 g/mol. The molecular formula is C11H17NO2. The molecule has 2 aliphatic heterocycles. The van der Waals surface area contributed by atoms with Crippen LogP contribution in [0.2, 0.25) is 0 Å². The van der Waals surface area contributed by atoms with Crippen molar-refractivity contribution in [2.75, 3.05) is 6.61 Å². The molecule has 1 N–H and O–H groups in total. The number of fused-ring (bicyclic) bond motifs is 4. The standard InChI is InChI=1S/C11H17NO2/c1-2-14-10(13)11-5-7-3-4-9(12-7)8(11)6-11/h7-9,12H,2-6H2,1H3/t7-,8+,9+,11-/m1/s1. The molecule has 3 rings (SSSR count). The first-order valence-electron chi connectivity index (χ1n) is 5.69. The predicted octanol–water partition coefficient (Wildman–Crippen LogP) is 1.08. The molecule has 0 spiro atoms. The van der Waals surface area contributed by atoms with E-state index in [1.54, 1.807) is 0 Å². The Balaban J connectivity index is 1.78. The summed E-state index contributed by atoms with van der Waals surface area (Å²) in [7, 11) is 0. The summed E-state index contributed by atoms with van der Waals surface area (Å²) in [4.78, 5) is 11.8. The third-order valence-electron chi connectivity index (χ3n) is 4.19. The molecule has 3 nitrogen and oxygen atoms in total. The highest BCUT2D eigenvalue weighted by atomic mass is 16.5. The molecule has 78 valence electrons. The zero-order valence-corrected chi connectivity index (χ0v) is 8.58. The Morgan fingerprint density at radius 1 is 1.50 bits per heavy atom. The van der Waals surface area contributed by atoms with Gasteiger partial charge in [0.25, 0.3) is 0 Å². The van der Waals surface area contributed by atoms with Gasteiger partial charge in [0.15, 0.2) is 0 Å². The summed E-state index contributed by atoms with van der Waals surface area (Å²) in [6.07, 6.45) is 4.60. The summed E-state index contributed by atoms with van der Waals surface area (Å²) >= 11 is 0. The second kappa shape index (κ2) is 2.72. The van der Waals surface area contributed by atoms with Gasteiger partial charge in [0.1, 0.15) is 0 Å². The topological polar surface area (TPSA) is 38.3 Å². The largest absolute Gasteiger partial charge is 0.466 e. The smallest absolute Gasteiger partial charge is 0.312 e. The molecule has 0 radical (unpaired) electrons. The molecule has 0 amide bonds. The van der Waals surface area contributed by atoms with Gasteiger partial charge in [-0.1, -0.05) is 0 Å². The summed E-state index contributed by atoms with van der Waals surface area (Å²) in [6, 6.07) is 1.20. The van der Waals surface area contributed by atoms with Gasteiger partial charge >= 0.3 is 5.97 Å². The number of carbonyl (C=O) groups is 1. The Hall–Kier alpha value is -0.570. The molecule has 14 heavy (non-hydrogen) atoms. The molecule has 0 aromatic heterocycles. The Bertz CT molecular complexity index is 278. The maximum atomic E-state index is 11.8. The minimum Gasteiger partial charge on any atom is -0.466 e. The van der Waals surface area contributed by atoms with E-state index in [-0.39, 0.29) is 11.4 Å². The maximum absolute atomic E-state index is 11.8. The normalized spacial score (nSPS) is 48.5. The molecule has 1 saturated carbocycles. The van der Waals surface area contributed by atoms with E-state index in [2.05, 4.69) is 5.32 Å². The summed E-state index contributed by atoms with van der Waals surface area (Å²) in [6.45, 7) is 2.41. The van der Waals surface area contributed by atoms with Crippen LogP contribution in [0.4, 0.5) is 0 Å². The third-order valence-corrected chi connectivity index (χ3v) is 4.19. The van der Waals surface area contributed by atoms with Crippen LogP contribution in [-0.2, 0) is 9.53 Å². The highest BCUT2D eigenvalue weighted by molar-refractivity contribution is 5.81. The maximum Gasteiger partial charge on any atom is 0.312 e. The van der Waals surface area contributed by atoms with E-state index in [1.807, 2.05) is 6.92 Å². The minimum absolute atomic E-state index is 0.0624. The zero-order chi connectivity index (χ0) is 9.76. The molecule has 3 aliphatic rings. The lowest BCUT2D eigenvalue weighted by Gasteiger charge is -2.27. The van der Waals surface area contributed by atoms with Crippen molar-refractivity contribution in [3.63, 3.8) is 0 Å². The molecule has 0 aromatic carbocycles. The predicted molar refractivity (Wildman–Crippen MR) is 51.7 cm³/mol. The van der Waals surface area contributed by atoms with Crippen LogP contribution >= 0.6 is 0 Å². The molecule has 1 aliphatic carbocycles. The van der Waals surface area contributed by atoms with Crippen molar-refractivity contribution >= 4 is 5.97 Å². The van der Waals surface area contributed by atoms with Crippen molar-refractivity contribution < 1.29 is 9.53 Å². The van der Waals surface area contributed by atoms with Crippen LogP contribution in [0.1, 0.15) is 32.6 Å². The first-order valence-corrected chi connectivity index (χ1v) is 5.69. The van der Waals surface area contributed by atoms with Crippen LogP contribution in [0.15, 0.2) is 0 Å². The van der Waals surface area contributed by atoms with Gasteiger partial charge in [-0.05, 0) is 38.5 Å². The molecule has 2 saturated heterocycles. The SMILES string of the molecule is CCOC(=O)[C@@]12C[C@H]3CC[C@H](N3)[C@@H]1C2. The number of ether oxygens (including phenoxy) is 1. The number of hydrogen-bond acceptors (Lipinski definition) is 3. The van der Waals surface area contributed by atoms with E-state index < -0.39 is 0 Å². The lowest BCUT2D eigenvalue weighted by atomic mass is 9.91. The van der Waals surface area contributed by atoms with Crippen LogP contribution in [0.3, 0.4) is 0 Å². The van der Waals surface area contributed by atoms with Crippen molar-refractivity contribution in [2.24, 2.45) is 11.3 Å². The second-order valence-corrected chi connectivity index (χ2v) is 4.94. The third kappa shape index (κ3) is 0.991. The first kappa shape index (κ1) is 8.72. The van der Waals surface area contributed by atoms with Gasteiger partial charge in [0.05, 0.1) is 12.0 Å². The average Bonchev–Trinajstić information content (AvgIpc) is 2.78. The van der Waals surface area contributed by atoms with E-state index in [0.29, 0.717) is 24.6 Å². The molecule has 4 atom stereocenters. The number of nitrogens with one attached hydrogen (secondary N) is 1. The van der Waals surface area contributed by atoms with Gasteiger partial charge in [0, 0.05) is 12.1 Å². The molecule has 0 aromatic rings. The number of rotatable bonds is 2. The number of hydrogen-bond donors (Lipinski definition) is 1. The number of carbonyl (C=O) groups excluding carboxylic acids is 1. The van der Waals surface area contributed by atoms with E-state index in [9.17, 15) is 4.79 Å². The lowest BCUT2D eigenvalue weighted by molar-refractivity contribution is -0.151. The van der Waals surface area contributed by atoms with E-state index in [4.69, 9.17) is 4.74 Å². The second-order valence-electron chi connectivity index (χ2n) is 4.94. The molecule has 0 unspecified atom stereocenters. The fraction of sp³-hybridized carbons (Fsp3) is 0.909. The summed E-state index contributed by atoms with van der Waals surface area (Å²) in [5.74, 6) is 0.656. The van der Waals surface area contributed by atoms with E-state index >= 15 is 0 Å². The quantitative estimate of drug-likeness (QED) is 0.670. The number of esters is 1. The summed E-state index contributed by atoms with van der Waals surface area (Å²) in [5.41, 5.74) is -0.0624. The van der Waals surface area contributed by atoms with Crippen LogP contribution in [-0.4, -0.2) is 24.7 Å². The highest BCUT2D eigenvalue weighted by Crippen LogP contribution is 2.63. The molecular weight excluding hydrogens is 178 g/mol. The fourth-order valence-electron chi connectivity index (χ4n) is 3.46. The molecule has 3 heteroatoms. The Morgan fingerprint density at radius 2 is 2.36 bits per heavy atom. The van der Waals surface area contributed by atoms with Crippen molar-refractivity contribution in [2.45, 2.75) is 44.7 Å². The lowest BCUT2D eigenvalue weighted by Crippen LogP contribution is -2.42. The van der Waals surface area contributed by atoms with E-state index in [0.717, 1.165) is 12.8 Å². The van der Waals surface area contributed by atoms with Gasteiger partial charge in [-0.25, -0.2) is 0 Å². The van der Waals surface area contributed by atoms with Crippen LogP contribution < -0.4 is 5.32 Å². The van der Waals surface area contributed by atoms with Gasteiger partial charge in [-0.3, -0.25) is 4.79 Å². The van der Waals surface area contributed by atoms with Gasteiger partial charge < -0.3 is 10.1 Å². The van der Waals surface area contributed by atoms with Gasteiger partial charge in [0.2, 0.25) is 0 Å². The molecule has 2 heterocycles. The summed E-state index contributed by atoms with van der Waals surface area (Å²) in [5, 5.41) is 3.60. The van der Waals surface area contributed by atoms with Gasteiger partial charge in [-0.2, -0.15) is 0 Å². The molecule has 3 fully saturated rings. The van der Waals surface area contributed by atoms with E-state index in [1.165, 1.54) is 12.8 Å². The van der Waals surface area contributed by atoms with Crippen LogP contribution in [0.5, 0.6) is 0 Å². The highest BCUT2D eigenvalue weighted by Gasteiger charge is 2.67. The summed E-state index contributed by atoms with van der Waals surface area (Å²) < 4.78 is 5.18. The van der Waals surface area contributed by atoms with Crippen LogP contribution in [0, 0.1) is 11.3 Å². The average molecular weight is 195 g/mol. The van der Waals surface area contributed by atoms with Crippen molar-refractivity contribution in [1.29, 1.82) is 0 Å². The van der Waals surface area contributed by atoms with Crippen molar-refractivity contribution in [3.05, 3.63) is 0 Å². The minimum atomic E-state index is -0.0624. The molecule has 2 bridgehead atoms. The zero-order valence-electron chi connectivity index (χ0n) is 8.58. The van der Waals surface area contributed by atoms with Crippen molar-refractivity contribution in [3.8, 4) is 0 Å². The van der Waals surface area contributed by atoms with Gasteiger partial charge in [-0.15, -0.1) is 0 Å². The van der Waals surface area contributed by atoms with Crippen LogP contribution in [0.25, 0.3) is 0 Å². The Labute approximate surface area is 84.2 Å². The fourth-order valence-corrected chi connectivity index (χ4v) is 3.46.